The van der Waals surface area contributed by atoms with Crippen LogP contribution in [0.1, 0.15) is 44.4 Å². The lowest BCUT2D eigenvalue weighted by Gasteiger charge is -2.25. The Kier molecular flexibility index (Phi) is 5.49. The number of hydrogen-bond acceptors (Lipinski definition) is 5. The highest BCUT2D eigenvalue weighted by Crippen LogP contribution is 2.40. The van der Waals surface area contributed by atoms with E-state index < -0.39 is 6.04 Å². The molecular weight excluding hydrogens is 428 g/mol. The molecule has 3 heterocycles. The number of benzene rings is 2. The zero-order valence-electron chi connectivity index (χ0n) is 19.1. The average molecular weight is 453 g/mol. The molecule has 4 aromatic rings. The van der Waals surface area contributed by atoms with Crippen molar-refractivity contribution in [2.24, 2.45) is 0 Å². The zero-order valence-corrected chi connectivity index (χ0v) is 19.1. The number of aromatic nitrogens is 1. The Hall–Kier alpha value is -4.19. The predicted molar refractivity (Wildman–Crippen MR) is 130 cm³/mol. The van der Waals surface area contributed by atoms with Gasteiger partial charge in [-0.2, -0.15) is 0 Å². The van der Waals surface area contributed by atoms with E-state index in [2.05, 4.69) is 11.6 Å². The van der Waals surface area contributed by atoms with Gasteiger partial charge in [0, 0.05) is 18.9 Å². The van der Waals surface area contributed by atoms with Gasteiger partial charge < -0.3 is 14.1 Å². The molecule has 1 amide bonds. The van der Waals surface area contributed by atoms with Crippen LogP contribution in [0.4, 0.5) is 0 Å². The highest BCUT2D eigenvalue weighted by Gasteiger charge is 2.42. The molecule has 34 heavy (non-hydrogen) atoms. The fourth-order valence-corrected chi connectivity index (χ4v) is 4.61. The molecule has 0 saturated carbocycles. The van der Waals surface area contributed by atoms with Gasteiger partial charge in [-0.1, -0.05) is 36.9 Å². The number of carbonyl (C=O) groups excluding carboxylic acids is 1. The molecule has 0 fully saturated rings. The number of rotatable bonds is 6. The molecule has 2 aromatic heterocycles. The molecule has 6 nitrogen and oxygen atoms in total. The van der Waals surface area contributed by atoms with Crippen LogP contribution in [0.3, 0.4) is 0 Å². The van der Waals surface area contributed by atoms with Gasteiger partial charge in [0.25, 0.3) is 5.91 Å². The smallest absolute Gasteiger partial charge is 0.291 e. The lowest BCUT2D eigenvalue weighted by Crippen LogP contribution is -2.29. The van der Waals surface area contributed by atoms with Gasteiger partial charge in [-0.25, -0.2) is 0 Å². The van der Waals surface area contributed by atoms with Crippen molar-refractivity contribution in [1.29, 1.82) is 0 Å². The first-order valence-electron chi connectivity index (χ1n) is 11.1. The highest BCUT2D eigenvalue weighted by atomic mass is 16.5. The van der Waals surface area contributed by atoms with Crippen molar-refractivity contribution in [2.45, 2.75) is 26.4 Å². The predicted octanol–water partition coefficient (Wildman–Crippen LogP) is 5.12. The fourth-order valence-electron chi connectivity index (χ4n) is 4.61. The average Bonchev–Trinajstić information content (AvgIpc) is 3.10. The van der Waals surface area contributed by atoms with Gasteiger partial charge in [0.15, 0.2) is 5.43 Å². The van der Waals surface area contributed by atoms with Crippen LogP contribution < -0.4 is 10.2 Å². The van der Waals surface area contributed by atoms with Gasteiger partial charge in [-0.15, -0.1) is 0 Å². The number of nitrogens with zero attached hydrogens (tertiary/aromatic N) is 2. The largest absolute Gasteiger partial charge is 0.490 e. The molecule has 170 valence electrons. The Labute approximate surface area is 197 Å². The summed E-state index contributed by atoms with van der Waals surface area (Å²) in [7, 11) is 0. The van der Waals surface area contributed by atoms with E-state index in [9.17, 15) is 9.59 Å². The van der Waals surface area contributed by atoms with E-state index in [1.807, 2.05) is 62.4 Å². The molecule has 0 bridgehead atoms. The number of fused-ring (bicyclic) bond motifs is 2. The lowest BCUT2D eigenvalue weighted by atomic mass is 9.96. The summed E-state index contributed by atoms with van der Waals surface area (Å²) in [5.41, 5.74) is 4.10. The van der Waals surface area contributed by atoms with Crippen molar-refractivity contribution >= 4 is 16.9 Å². The minimum atomic E-state index is -0.586. The van der Waals surface area contributed by atoms with Gasteiger partial charge in [-0.05, 0) is 60.4 Å². The molecule has 6 heteroatoms. The van der Waals surface area contributed by atoms with Crippen LogP contribution in [-0.2, 0) is 6.54 Å². The van der Waals surface area contributed by atoms with Crippen molar-refractivity contribution in [3.8, 4) is 5.75 Å². The van der Waals surface area contributed by atoms with Crippen LogP contribution in [0.5, 0.6) is 5.75 Å². The Morgan fingerprint density at radius 1 is 1.15 bits per heavy atom. The highest BCUT2D eigenvalue weighted by molar-refractivity contribution is 5.99. The van der Waals surface area contributed by atoms with Crippen LogP contribution in [0, 0.1) is 13.8 Å². The third kappa shape index (κ3) is 3.67. The van der Waals surface area contributed by atoms with Gasteiger partial charge in [0.1, 0.15) is 17.9 Å². The van der Waals surface area contributed by atoms with Crippen LogP contribution in [0.15, 0.2) is 82.8 Å². The summed E-state index contributed by atoms with van der Waals surface area (Å²) in [6.07, 6.45) is 5.08. The number of aryl methyl sites for hydroxylation is 2. The molecule has 0 aliphatic carbocycles. The molecule has 0 saturated heterocycles. The third-order valence-corrected chi connectivity index (χ3v) is 6.05. The summed E-state index contributed by atoms with van der Waals surface area (Å²) in [5.74, 6) is 0.473. The normalized spacial score (nSPS) is 14.9. The Morgan fingerprint density at radius 2 is 1.94 bits per heavy atom. The lowest BCUT2D eigenvalue weighted by molar-refractivity contribution is 0.0714. The third-order valence-electron chi connectivity index (χ3n) is 6.05. The van der Waals surface area contributed by atoms with E-state index in [1.165, 1.54) is 0 Å². The standard InChI is InChI=1S/C28H24N2O4/c1-4-12-33-21-9-7-20(8-10-21)25-24-26(31)23-18(3)13-17(2)14-22(23)34-27(24)28(32)30(25)16-19-6-5-11-29-15-19/h4-11,13-15,25H,1,12,16H2,2-3H3. The maximum atomic E-state index is 13.8. The van der Waals surface area contributed by atoms with Gasteiger partial charge >= 0.3 is 0 Å². The number of pyridine rings is 1. The summed E-state index contributed by atoms with van der Waals surface area (Å²) in [6, 6.07) is 14.3. The second kappa shape index (κ2) is 8.63. The second-order valence-electron chi connectivity index (χ2n) is 8.49. The molecule has 1 unspecified atom stereocenters. The van der Waals surface area contributed by atoms with E-state index in [1.54, 1.807) is 23.4 Å². The summed E-state index contributed by atoms with van der Waals surface area (Å²) in [5, 5.41) is 0.510. The van der Waals surface area contributed by atoms with Gasteiger partial charge in [0.05, 0.1) is 17.0 Å². The van der Waals surface area contributed by atoms with Crippen molar-refractivity contribution in [3.63, 3.8) is 0 Å². The Morgan fingerprint density at radius 3 is 2.65 bits per heavy atom. The van der Waals surface area contributed by atoms with E-state index in [0.717, 1.165) is 22.3 Å². The molecule has 1 atom stereocenters. The molecule has 1 aliphatic rings. The first kappa shape index (κ1) is 21.6. The van der Waals surface area contributed by atoms with E-state index in [0.29, 0.717) is 35.4 Å². The molecule has 5 rings (SSSR count). The van der Waals surface area contributed by atoms with Crippen molar-refractivity contribution in [3.05, 3.63) is 117 Å². The maximum Gasteiger partial charge on any atom is 0.291 e. The quantitative estimate of drug-likeness (QED) is 0.380. The zero-order chi connectivity index (χ0) is 23.8. The summed E-state index contributed by atoms with van der Waals surface area (Å²) in [4.78, 5) is 33.2. The Bertz CT molecular complexity index is 1460. The van der Waals surface area contributed by atoms with Crippen molar-refractivity contribution in [1.82, 2.24) is 9.88 Å². The van der Waals surface area contributed by atoms with Crippen molar-refractivity contribution in [2.75, 3.05) is 6.61 Å². The maximum absolute atomic E-state index is 13.8. The van der Waals surface area contributed by atoms with Crippen LogP contribution >= 0.6 is 0 Å². The van der Waals surface area contributed by atoms with E-state index in [-0.39, 0.29) is 17.1 Å². The molecule has 0 radical (unpaired) electrons. The fraction of sp³-hybridized carbons (Fsp3) is 0.179. The molecule has 1 aliphatic heterocycles. The SMILES string of the molecule is C=CCOc1ccc(C2c3c(oc4cc(C)cc(C)c4c3=O)C(=O)N2Cc2cccnc2)cc1. The van der Waals surface area contributed by atoms with Gasteiger partial charge in [0.2, 0.25) is 5.76 Å². The first-order chi connectivity index (χ1) is 16.5. The van der Waals surface area contributed by atoms with E-state index in [4.69, 9.17) is 9.15 Å². The summed E-state index contributed by atoms with van der Waals surface area (Å²) >= 11 is 0. The number of carbonyl (C=O) groups is 1. The van der Waals surface area contributed by atoms with Crippen LogP contribution in [0.2, 0.25) is 0 Å². The minimum Gasteiger partial charge on any atom is -0.490 e. The Balaban J connectivity index is 1.69. The molecule has 0 spiro atoms. The molecule has 0 N–H and O–H groups in total. The second-order valence-corrected chi connectivity index (χ2v) is 8.49. The number of amides is 1. The molecule has 2 aromatic carbocycles. The number of ether oxygens (including phenoxy) is 1. The summed E-state index contributed by atoms with van der Waals surface area (Å²) in [6.45, 7) is 8.19. The van der Waals surface area contributed by atoms with E-state index >= 15 is 0 Å². The summed E-state index contributed by atoms with van der Waals surface area (Å²) < 4.78 is 11.7. The molecular formula is C28H24N2O4. The first-order valence-corrected chi connectivity index (χ1v) is 11.1. The van der Waals surface area contributed by atoms with Crippen molar-refractivity contribution < 1.29 is 13.9 Å². The van der Waals surface area contributed by atoms with Gasteiger partial charge in [-0.3, -0.25) is 14.6 Å². The minimum absolute atomic E-state index is 0.100. The van der Waals surface area contributed by atoms with Crippen LogP contribution in [-0.4, -0.2) is 22.4 Å². The number of hydrogen-bond donors (Lipinski definition) is 0. The topological polar surface area (TPSA) is 72.6 Å². The monoisotopic (exact) mass is 452 g/mol. The van der Waals surface area contributed by atoms with Crippen LogP contribution in [0.25, 0.3) is 11.0 Å².